The van der Waals surface area contributed by atoms with Gasteiger partial charge in [-0.2, -0.15) is 8.42 Å². The highest BCUT2D eigenvalue weighted by Crippen LogP contribution is 2.13. The summed E-state index contributed by atoms with van der Waals surface area (Å²) in [5, 5.41) is 0. The average molecular weight is 835 g/mol. The molecular weight excluding hydrogens is 752 g/mol. The predicted molar refractivity (Wildman–Crippen MR) is 216 cm³/mol. The summed E-state index contributed by atoms with van der Waals surface area (Å²) in [6.07, 6.45) is 22.1. The van der Waals surface area contributed by atoms with Gasteiger partial charge < -0.3 is 52.1 Å². The van der Waals surface area contributed by atoms with Crippen molar-refractivity contribution < 1.29 is 69.3 Å². The van der Waals surface area contributed by atoms with Crippen LogP contribution >= 0.6 is 0 Å². The van der Waals surface area contributed by atoms with Crippen molar-refractivity contribution in [3.8, 4) is 0 Å². The van der Waals surface area contributed by atoms with Crippen LogP contribution in [0.1, 0.15) is 110 Å². The fraction of sp³-hybridized carbons (Fsp3) is 1.00. The minimum atomic E-state index is -4.42. The molecule has 56 heavy (non-hydrogen) atoms. The van der Waals surface area contributed by atoms with Crippen LogP contribution in [0.25, 0.3) is 0 Å². The van der Waals surface area contributed by atoms with E-state index < -0.39 is 10.4 Å². The van der Waals surface area contributed by atoms with E-state index >= 15 is 0 Å². The van der Waals surface area contributed by atoms with E-state index in [9.17, 15) is 8.42 Å². The standard InChI is InChI=1S/C40H82O15S/c1-2-3-4-5-6-7-8-9-10-11-12-13-14-15-16-17-18-44-19-20-45-21-22-46-23-24-47-25-26-48-27-28-49-29-30-50-31-32-51-33-34-52-35-36-53-37-38-54-39-40-55-56(41,42)43/h2-40H2,1H3,(H,41,42,43). The lowest BCUT2D eigenvalue weighted by Gasteiger charge is -2.09. The Kier molecular flexibility index (Phi) is 48.3. The van der Waals surface area contributed by atoms with Gasteiger partial charge in [0, 0.05) is 6.61 Å². The number of hydrogen-bond donors (Lipinski definition) is 1. The quantitative estimate of drug-likeness (QED) is 0.0540. The van der Waals surface area contributed by atoms with Crippen LogP contribution in [-0.2, 0) is 66.7 Å². The monoisotopic (exact) mass is 835 g/mol. The molecule has 0 amide bonds. The Labute approximate surface area is 340 Å². The van der Waals surface area contributed by atoms with E-state index in [4.69, 9.17) is 56.7 Å². The summed E-state index contributed by atoms with van der Waals surface area (Å²) in [5.74, 6) is 0. The number of rotatable bonds is 51. The third kappa shape index (κ3) is 53.4. The van der Waals surface area contributed by atoms with Crippen LogP contribution in [0.15, 0.2) is 0 Å². The maximum atomic E-state index is 10.4. The highest BCUT2D eigenvalue weighted by Gasteiger charge is 2.03. The molecule has 1 N–H and O–H groups in total. The Morgan fingerprint density at radius 3 is 0.661 bits per heavy atom. The first kappa shape index (κ1) is 55.4. The molecule has 0 heterocycles. The Morgan fingerprint density at radius 1 is 0.268 bits per heavy atom. The maximum absolute atomic E-state index is 10.4. The molecule has 0 radical (unpaired) electrons. The van der Waals surface area contributed by atoms with Gasteiger partial charge in [0.05, 0.1) is 145 Å². The molecular formula is C40H82O15S. The number of hydrogen-bond acceptors (Lipinski definition) is 14. The van der Waals surface area contributed by atoms with E-state index in [1.165, 1.54) is 96.3 Å². The SMILES string of the molecule is CCCCCCCCCCCCCCCCCCOCCOCCOCCOCCOCCOCCOCCOCCOCCOCCOCCOS(=O)(=O)O. The largest absolute Gasteiger partial charge is 0.397 e. The van der Waals surface area contributed by atoms with E-state index in [1.807, 2.05) is 0 Å². The van der Waals surface area contributed by atoms with Gasteiger partial charge in [-0.05, 0) is 6.42 Å². The Bertz CT molecular complexity index is 826. The summed E-state index contributed by atoms with van der Waals surface area (Å²) in [5.41, 5.74) is 0. The fourth-order valence-electron chi connectivity index (χ4n) is 5.25. The molecule has 0 aromatic carbocycles. The molecule has 0 aliphatic heterocycles. The molecule has 0 aromatic rings. The van der Waals surface area contributed by atoms with Crippen LogP contribution < -0.4 is 0 Å². The minimum absolute atomic E-state index is 0.0331. The third-order valence-corrected chi connectivity index (χ3v) is 8.79. The van der Waals surface area contributed by atoms with Gasteiger partial charge in [-0.15, -0.1) is 0 Å². The molecule has 0 saturated carbocycles. The van der Waals surface area contributed by atoms with E-state index in [1.54, 1.807) is 0 Å². The van der Waals surface area contributed by atoms with Gasteiger partial charge in [-0.1, -0.05) is 103 Å². The first-order valence-corrected chi connectivity index (χ1v) is 22.9. The predicted octanol–water partition coefficient (Wildman–Crippen LogP) is 6.25. The first-order valence-electron chi connectivity index (χ1n) is 21.5. The lowest BCUT2D eigenvalue weighted by atomic mass is 10.0. The first-order chi connectivity index (χ1) is 27.6. The van der Waals surface area contributed by atoms with Gasteiger partial charge in [0.1, 0.15) is 0 Å². The number of ether oxygens (including phenoxy) is 11. The van der Waals surface area contributed by atoms with Crippen LogP contribution in [-0.4, -0.2) is 165 Å². The second-order valence-corrected chi connectivity index (χ2v) is 14.4. The molecule has 0 unspecified atom stereocenters. The van der Waals surface area contributed by atoms with Crippen molar-refractivity contribution in [3.05, 3.63) is 0 Å². The van der Waals surface area contributed by atoms with Gasteiger partial charge in [0.15, 0.2) is 0 Å². The van der Waals surface area contributed by atoms with Gasteiger partial charge in [0.25, 0.3) is 0 Å². The normalized spacial score (nSPS) is 12.0. The summed E-state index contributed by atoms with van der Waals surface area (Å²) >= 11 is 0. The van der Waals surface area contributed by atoms with E-state index in [0.717, 1.165) is 13.0 Å². The topological polar surface area (TPSA) is 165 Å². The van der Waals surface area contributed by atoms with Crippen molar-refractivity contribution >= 4 is 10.4 Å². The van der Waals surface area contributed by atoms with Crippen LogP contribution in [0.3, 0.4) is 0 Å². The van der Waals surface area contributed by atoms with Crippen LogP contribution in [0.4, 0.5) is 0 Å². The van der Waals surface area contributed by atoms with Crippen molar-refractivity contribution in [3.63, 3.8) is 0 Å². The molecule has 16 heteroatoms. The van der Waals surface area contributed by atoms with E-state index in [0.29, 0.717) is 126 Å². The molecule has 0 rings (SSSR count). The zero-order valence-electron chi connectivity index (χ0n) is 35.1. The van der Waals surface area contributed by atoms with Crippen molar-refractivity contribution in [2.75, 3.05) is 152 Å². The van der Waals surface area contributed by atoms with Gasteiger partial charge in [-0.3, -0.25) is 4.55 Å². The highest BCUT2D eigenvalue weighted by molar-refractivity contribution is 7.80. The van der Waals surface area contributed by atoms with Crippen LogP contribution in [0, 0.1) is 0 Å². The van der Waals surface area contributed by atoms with Crippen molar-refractivity contribution in [2.45, 2.75) is 110 Å². The minimum Gasteiger partial charge on any atom is -0.379 e. The highest BCUT2D eigenvalue weighted by atomic mass is 32.3. The summed E-state index contributed by atoms with van der Waals surface area (Å²) in [6.45, 7) is 12.5. The second kappa shape index (κ2) is 48.8. The van der Waals surface area contributed by atoms with Gasteiger partial charge in [-0.25, -0.2) is 4.18 Å². The zero-order chi connectivity index (χ0) is 40.6. The average Bonchev–Trinajstić information content (AvgIpc) is 3.18. The summed E-state index contributed by atoms with van der Waals surface area (Å²) in [6, 6.07) is 0. The molecule has 338 valence electrons. The molecule has 0 atom stereocenters. The molecule has 0 fully saturated rings. The Morgan fingerprint density at radius 2 is 0.446 bits per heavy atom. The molecule has 15 nitrogen and oxygen atoms in total. The Balaban J connectivity index is 3.07. The fourth-order valence-corrected chi connectivity index (χ4v) is 5.53. The van der Waals surface area contributed by atoms with E-state index in [-0.39, 0.29) is 19.8 Å². The van der Waals surface area contributed by atoms with Crippen molar-refractivity contribution in [2.24, 2.45) is 0 Å². The van der Waals surface area contributed by atoms with Gasteiger partial charge >= 0.3 is 10.4 Å². The molecule has 0 bridgehead atoms. The molecule has 0 spiro atoms. The lowest BCUT2D eigenvalue weighted by molar-refractivity contribution is -0.0277. The Hall–Kier alpha value is -0.570. The van der Waals surface area contributed by atoms with E-state index in [2.05, 4.69) is 11.1 Å². The third-order valence-electron chi connectivity index (χ3n) is 8.32. The zero-order valence-corrected chi connectivity index (χ0v) is 36.0. The van der Waals surface area contributed by atoms with Crippen molar-refractivity contribution in [1.29, 1.82) is 0 Å². The van der Waals surface area contributed by atoms with Crippen molar-refractivity contribution in [1.82, 2.24) is 0 Å². The summed E-state index contributed by atoms with van der Waals surface area (Å²) < 4.78 is 93.2. The van der Waals surface area contributed by atoms with Crippen LogP contribution in [0.5, 0.6) is 0 Å². The summed E-state index contributed by atoms with van der Waals surface area (Å²) in [7, 11) is -4.42. The van der Waals surface area contributed by atoms with Crippen LogP contribution in [0.2, 0.25) is 0 Å². The van der Waals surface area contributed by atoms with Gasteiger partial charge in [0.2, 0.25) is 0 Å². The molecule has 0 saturated heterocycles. The molecule has 0 aromatic heterocycles. The number of unbranched alkanes of at least 4 members (excludes halogenated alkanes) is 15. The summed E-state index contributed by atoms with van der Waals surface area (Å²) in [4.78, 5) is 0. The maximum Gasteiger partial charge on any atom is 0.397 e. The second-order valence-electron chi connectivity index (χ2n) is 13.3. The lowest BCUT2D eigenvalue weighted by Crippen LogP contribution is -2.15. The molecule has 0 aliphatic carbocycles. The smallest absolute Gasteiger partial charge is 0.379 e. The molecule has 0 aliphatic rings.